The minimum atomic E-state index is 0.423. The SMILES string of the molecule is O=C(CC1CCCC1)N1CCC[C@@H](CN2CCN(c3ccccn3)CC2)C1. The Balaban J connectivity index is 1.22. The average Bonchev–Trinajstić information content (AvgIpc) is 3.22. The van der Waals surface area contributed by atoms with E-state index in [0.29, 0.717) is 17.7 Å². The maximum absolute atomic E-state index is 12.7. The zero-order valence-electron chi connectivity index (χ0n) is 16.6. The average molecular weight is 371 g/mol. The van der Waals surface area contributed by atoms with Crippen LogP contribution in [0.4, 0.5) is 5.82 Å². The number of rotatable bonds is 5. The molecule has 0 unspecified atom stereocenters. The van der Waals surface area contributed by atoms with Gasteiger partial charge >= 0.3 is 0 Å². The Morgan fingerprint density at radius 1 is 0.963 bits per heavy atom. The van der Waals surface area contributed by atoms with Crippen LogP contribution in [0.5, 0.6) is 0 Å². The summed E-state index contributed by atoms with van der Waals surface area (Å²) in [5, 5.41) is 0. The van der Waals surface area contributed by atoms with E-state index in [1.165, 1.54) is 38.5 Å². The lowest BCUT2D eigenvalue weighted by molar-refractivity contribution is -0.134. The van der Waals surface area contributed by atoms with E-state index in [2.05, 4.69) is 31.8 Å². The molecule has 3 heterocycles. The van der Waals surface area contributed by atoms with E-state index in [9.17, 15) is 4.79 Å². The number of aromatic nitrogens is 1. The second kappa shape index (κ2) is 9.05. The Bertz CT molecular complexity index is 594. The molecule has 5 nitrogen and oxygen atoms in total. The third-order valence-corrected chi connectivity index (χ3v) is 6.67. The number of hydrogen-bond donors (Lipinski definition) is 0. The molecule has 0 radical (unpaired) electrons. The van der Waals surface area contributed by atoms with Crippen molar-refractivity contribution >= 4 is 11.7 Å². The molecule has 1 atom stereocenters. The summed E-state index contributed by atoms with van der Waals surface area (Å²) in [5.74, 6) is 2.83. The van der Waals surface area contributed by atoms with E-state index < -0.39 is 0 Å². The van der Waals surface area contributed by atoms with Crippen LogP contribution in [0.1, 0.15) is 44.9 Å². The van der Waals surface area contributed by atoms with Crippen LogP contribution in [0.2, 0.25) is 0 Å². The van der Waals surface area contributed by atoms with E-state index in [0.717, 1.165) is 58.1 Å². The van der Waals surface area contributed by atoms with E-state index in [1.54, 1.807) is 0 Å². The highest BCUT2D eigenvalue weighted by molar-refractivity contribution is 5.76. The lowest BCUT2D eigenvalue weighted by atomic mass is 9.95. The summed E-state index contributed by atoms with van der Waals surface area (Å²) in [6.07, 6.45) is 10.3. The molecule has 0 aromatic carbocycles. The van der Waals surface area contributed by atoms with E-state index in [1.807, 2.05) is 12.3 Å². The lowest BCUT2D eigenvalue weighted by Crippen LogP contribution is -2.50. The van der Waals surface area contributed by atoms with Gasteiger partial charge in [0.1, 0.15) is 5.82 Å². The van der Waals surface area contributed by atoms with Crippen LogP contribution < -0.4 is 4.90 Å². The zero-order valence-corrected chi connectivity index (χ0v) is 16.6. The first-order chi connectivity index (χ1) is 13.3. The molecular weight excluding hydrogens is 336 g/mol. The molecule has 27 heavy (non-hydrogen) atoms. The van der Waals surface area contributed by atoms with Crippen LogP contribution >= 0.6 is 0 Å². The van der Waals surface area contributed by atoms with E-state index >= 15 is 0 Å². The molecule has 3 fully saturated rings. The molecule has 4 rings (SSSR count). The first-order valence-corrected chi connectivity index (χ1v) is 10.9. The van der Waals surface area contributed by atoms with Gasteiger partial charge < -0.3 is 9.80 Å². The maximum Gasteiger partial charge on any atom is 0.222 e. The Labute approximate surface area is 163 Å². The third-order valence-electron chi connectivity index (χ3n) is 6.67. The van der Waals surface area contributed by atoms with Crippen molar-refractivity contribution in [3.63, 3.8) is 0 Å². The lowest BCUT2D eigenvalue weighted by Gasteiger charge is -2.39. The molecule has 5 heteroatoms. The van der Waals surface area contributed by atoms with Crippen molar-refractivity contribution < 1.29 is 4.79 Å². The minimum absolute atomic E-state index is 0.423. The highest BCUT2D eigenvalue weighted by Gasteiger charge is 2.28. The minimum Gasteiger partial charge on any atom is -0.354 e. The number of anilines is 1. The largest absolute Gasteiger partial charge is 0.354 e. The molecule has 1 aromatic rings. The molecule has 3 aliphatic rings. The predicted molar refractivity (Wildman–Crippen MR) is 109 cm³/mol. The van der Waals surface area contributed by atoms with Gasteiger partial charge in [-0.1, -0.05) is 18.9 Å². The van der Waals surface area contributed by atoms with E-state index in [-0.39, 0.29) is 0 Å². The van der Waals surface area contributed by atoms with Gasteiger partial charge in [0.05, 0.1) is 0 Å². The van der Waals surface area contributed by atoms with Crippen LogP contribution in [0.25, 0.3) is 0 Å². The van der Waals surface area contributed by atoms with Crippen molar-refractivity contribution in [2.45, 2.75) is 44.9 Å². The molecule has 0 spiro atoms. The van der Waals surface area contributed by atoms with Crippen molar-refractivity contribution in [3.05, 3.63) is 24.4 Å². The standard InChI is InChI=1S/C22H34N4O/c27-22(16-19-6-1-2-7-19)26-11-5-8-20(18-26)17-24-12-14-25(15-13-24)21-9-3-4-10-23-21/h3-4,9-10,19-20H,1-2,5-8,11-18H2/t20-/m0/s1. The van der Waals surface area contributed by atoms with Crippen molar-refractivity contribution in [1.82, 2.24) is 14.8 Å². The topological polar surface area (TPSA) is 39.7 Å². The number of carbonyl (C=O) groups is 1. The fraction of sp³-hybridized carbons (Fsp3) is 0.727. The van der Waals surface area contributed by atoms with Gasteiger partial charge in [-0.3, -0.25) is 9.69 Å². The molecule has 1 amide bonds. The maximum atomic E-state index is 12.7. The molecule has 2 aliphatic heterocycles. The molecule has 148 valence electrons. The van der Waals surface area contributed by atoms with Gasteiger partial charge in [0.25, 0.3) is 0 Å². The smallest absolute Gasteiger partial charge is 0.222 e. The number of carbonyl (C=O) groups excluding carboxylic acids is 1. The van der Waals surface area contributed by atoms with Gasteiger partial charge in [-0.2, -0.15) is 0 Å². The quantitative estimate of drug-likeness (QED) is 0.799. The van der Waals surface area contributed by atoms with Gasteiger partial charge in [-0.05, 0) is 49.7 Å². The Morgan fingerprint density at radius 2 is 1.74 bits per heavy atom. The molecule has 0 N–H and O–H groups in total. The first-order valence-electron chi connectivity index (χ1n) is 10.9. The predicted octanol–water partition coefficient (Wildman–Crippen LogP) is 3.02. The fourth-order valence-electron chi connectivity index (χ4n) is 5.10. The molecule has 1 saturated carbocycles. The van der Waals surface area contributed by atoms with Gasteiger partial charge in [0.2, 0.25) is 5.91 Å². The number of likely N-dealkylation sites (tertiary alicyclic amines) is 1. The second-order valence-electron chi connectivity index (χ2n) is 8.68. The summed E-state index contributed by atoms with van der Waals surface area (Å²) >= 11 is 0. The summed E-state index contributed by atoms with van der Waals surface area (Å²) in [6, 6.07) is 6.14. The number of nitrogens with zero attached hydrogens (tertiary/aromatic N) is 4. The Hall–Kier alpha value is -1.62. The van der Waals surface area contributed by atoms with Crippen LogP contribution in [0.15, 0.2) is 24.4 Å². The molecule has 1 aliphatic carbocycles. The number of pyridine rings is 1. The van der Waals surface area contributed by atoms with Crippen LogP contribution in [-0.4, -0.2) is 66.5 Å². The number of amides is 1. The van der Waals surface area contributed by atoms with Crippen LogP contribution in [-0.2, 0) is 4.79 Å². The highest BCUT2D eigenvalue weighted by atomic mass is 16.2. The second-order valence-corrected chi connectivity index (χ2v) is 8.68. The van der Waals surface area contributed by atoms with Gasteiger partial charge in [-0.15, -0.1) is 0 Å². The van der Waals surface area contributed by atoms with Crippen LogP contribution in [0.3, 0.4) is 0 Å². The number of hydrogen-bond acceptors (Lipinski definition) is 4. The third kappa shape index (κ3) is 5.01. The molecule has 1 aromatic heterocycles. The first kappa shape index (κ1) is 18.7. The molecular formula is C22H34N4O. The molecule has 2 saturated heterocycles. The Kier molecular flexibility index (Phi) is 6.28. The van der Waals surface area contributed by atoms with Gasteiger partial charge in [-0.25, -0.2) is 4.98 Å². The monoisotopic (exact) mass is 370 g/mol. The number of piperazine rings is 1. The summed E-state index contributed by atoms with van der Waals surface area (Å²) in [6.45, 7) is 7.40. The summed E-state index contributed by atoms with van der Waals surface area (Å²) < 4.78 is 0. The van der Waals surface area contributed by atoms with Gasteiger partial charge in [0, 0.05) is 58.4 Å². The van der Waals surface area contributed by atoms with Crippen LogP contribution in [0, 0.1) is 11.8 Å². The summed E-state index contributed by atoms with van der Waals surface area (Å²) in [4.78, 5) is 24.3. The van der Waals surface area contributed by atoms with Crippen molar-refractivity contribution in [2.24, 2.45) is 11.8 Å². The normalized spacial score (nSPS) is 25.1. The van der Waals surface area contributed by atoms with Crippen molar-refractivity contribution in [3.8, 4) is 0 Å². The van der Waals surface area contributed by atoms with Gasteiger partial charge in [0.15, 0.2) is 0 Å². The van der Waals surface area contributed by atoms with Crippen molar-refractivity contribution in [2.75, 3.05) is 50.7 Å². The zero-order chi connectivity index (χ0) is 18.5. The van der Waals surface area contributed by atoms with E-state index in [4.69, 9.17) is 0 Å². The fourth-order valence-corrected chi connectivity index (χ4v) is 5.10. The summed E-state index contributed by atoms with van der Waals surface area (Å²) in [5.41, 5.74) is 0. The van der Waals surface area contributed by atoms with Crippen molar-refractivity contribution in [1.29, 1.82) is 0 Å². The summed E-state index contributed by atoms with van der Waals surface area (Å²) in [7, 11) is 0. The Morgan fingerprint density at radius 3 is 2.48 bits per heavy atom. The highest BCUT2D eigenvalue weighted by Crippen LogP contribution is 2.29. The number of piperidine rings is 1. The molecule has 0 bridgehead atoms.